The number of anilines is 1. The minimum absolute atomic E-state index is 0.0743. The summed E-state index contributed by atoms with van der Waals surface area (Å²) in [5.41, 5.74) is 2.91. The Morgan fingerprint density at radius 3 is 3.13 bits per heavy atom. The van der Waals surface area contributed by atoms with Gasteiger partial charge in [0, 0.05) is 0 Å². The summed E-state index contributed by atoms with van der Waals surface area (Å²) in [7, 11) is 0. The smallest absolute Gasteiger partial charge is 0.258 e. The molecule has 1 unspecified atom stereocenters. The molecular weight excluding hydrogens is 294 g/mol. The molecule has 1 amide bonds. The summed E-state index contributed by atoms with van der Waals surface area (Å²) in [4.78, 5) is 16.6. The first-order valence-corrected chi connectivity index (χ1v) is 7.44. The van der Waals surface area contributed by atoms with E-state index < -0.39 is 0 Å². The van der Waals surface area contributed by atoms with Crippen LogP contribution in [0.4, 0.5) is 5.69 Å². The third kappa shape index (κ3) is 2.52. The van der Waals surface area contributed by atoms with E-state index in [-0.39, 0.29) is 11.8 Å². The van der Waals surface area contributed by atoms with Gasteiger partial charge >= 0.3 is 0 Å². The molecule has 2 aromatic heterocycles. The Morgan fingerprint density at radius 1 is 1.35 bits per heavy atom. The maximum absolute atomic E-state index is 12.5. The highest BCUT2D eigenvalue weighted by Gasteiger charge is 2.26. The second kappa shape index (κ2) is 5.39. The molecule has 6 heteroatoms. The summed E-state index contributed by atoms with van der Waals surface area (Å²) >= 11 is 0. The van der Waals surface area contributed by atoms with E-state index >= 15 is 0 Å². The number of aromatic nitrogens is 2. The van der Waals surface area contributed by atoms with Gasteiger partial charge in [-0.15, -0.1) is 0 Å². The van der Waals surface area contributed by atoms with E-state index in [1.807, 2.05) is 37.3 Å². The minimum Gasteiger partial charge on any atom is -0.492 e. The Bertz CT molecular complexity index is 888. The van der Waals surface area contributed by atoms with Gasteiger partial charge in [0.25, 0.3) is 5.71 Å². The van der Waals surface area contributed by atoms with Crippen molar-refractivity contribution in [3.63, 3.8) is 0 Å². The number of aryl methyl sites for hydroxylation is 1. The van der Waals surface area contributed by atoms with Crippen LogP contribution in [0.2, 0.25) is 0 Å². The quantitative estimate of drug-likeness (QED) is 0.787. The number of rotatable bonds is 2. The summed E-state index contributed by atoms with van der Waals surface area (Å²) in [6, 6.07) is 9.62. The van der Waals surface area contributed by atoms with Crippen molar-refractivity contribution in [2.75, 3.05) is 11.9 Å². The van der Waals surface area contributed by atoms with Crippen molar-refractivity contribution in [1.29, 1.82) is 0 Å². The van der Waals surface area contributed by atoms with Gasteiger partial charge in [0.15, 0.2) is 0 Å². The van der Waals surface area contributed by atoms with Crippen LogP contribution in [0.1, 0.15) is 11.3 Å². The number of pyridine rings is 1. The van der Waals surface area contributed by atoms with Gasteiger partial charge in [-0.05, 0) is 31.0 Å². The van der Waals surface area contributed by atoms with Gasteiger partial charge in [0.1, 0.15) is 12.4 Å². The van der Waals surface area contributed by atoms with Crippen molar-refractivity contribution >= 4 is 22.7 Å². The molecule has 1 aliphatic rings. The van der Waals surface area contributed by atoms with Crippen molar-refractivity contribution in [1.82, 2.24) is 10.1 Å². The van der Waals surface area contributed by atoms with Crippen LogP contribution in [0.3, 0.4) is 0 Å². The number of nitrogens with one attached hydrogen (secondary N) is 1. The number of nitrogens with zero attached hydrogens (tertiary/aromatic N) is 2. The summed E-state index contributed by atoms with van der Waals surface area (Å²) in [6.45, 7) is 2.22. The predicted molar refractivity (Wildman–Crippen MR) is 84.3 cm³/mol. The van der Waals surface area contributed by atoms with E-state index in [0.29, 0.717) is 24.4 Å². The average Bonchev–Trinajstić information content (AvgIpc) is 2.95. The first-order chi connectivity index (χ1) is 11.2. The predicted octanol–water partition coefficient (Wildman–Crippen LogP) is 2.72. The second-order valence-corrected chi connectivity index (χ2v) is 5.65. The Kier molecular flexibility index (Phi) is 3.22. The molecule has 0 radical (unpaired) electrons. The Balaban J connectivity index is 1.52. The Hall–Kier alpha value is -2.89. The molecule has 3 heterocycles. The number of carbonyl (C=O) groups is 1. The van der Waals surface area contributed by atoms with Gasteiger partial charge in [-0.3, -0.25) is 4.79 Å². The summed E-state index contributed by atoms with van der Waals surface area (Å²) in [5, 5.41) is 7.56. The highest BCUT2D eigenvalue weighted by Crippen LogP contribution is 2.27. The molecule has 0 saturated carbocycles. The zero-order chi connectivity index (χ0) is 15.8. The molecule has 1 aromatic carbocycles. The number of carbonyl (C=O) groups excluding carboxylic acids is 1. The number of para-hydroxylation sites is 1. The standard InChI is InChI=1S/C17H15N3O3/c1-10-14-7-13(8-18-17(14)23-20-10)19-16(21)12-6-11-4-2-3-5-15(11)22-9-12/h2-5,7-8,12H,6,9H2,1H3,(H,19,21). The van der Waals surface area contributed by atoms with Gasteiger partial charge in [-0.2, -0.15) is 0 Å². The average molecular weight is 309 g/mol. The number of ether oxygens (including phenoxy) is 1. The van der Waals surface area contributed by atoms with Crippen molar-refractivity contribution in [2.45, 2.75) is 13.3 Å². The lowest BCUT2D eigenvalue weighted by Crippen LogP contribution is -2.32. The lowest BCUT2D eigenvalue weighted by molar-refractivity contribution is -0.121. The Labute approximate surface area is 132 Å². The summed E-state index contributed by atoms with van der Waals surface area (Å²) in [5.74, 6) is 0.568. The highest BCUT2D eigenvalue weighted by molar-refractivity contribution is 5.94. The van der Waals surface area contributed by atoms with E-state index in [2.05, 4.69) is 15.5 Å². The third-order valence-electron chi connectivity index (χ3n) is 4.03. The molecule has 0 spiro atoms. The van der Waals surface area contributed by atoms with Crippen LogP contribution in [0, 0.1) is 12.8 Å². The van der Waals surface area contributed by atoms with Crippen LogP contribution in [0.5, 0.6) is 5.75 Å². The second-order valence-electron chi connectivity index (χ2n) is 5.65. The van der Waals surface area contributed by atoms with Crippen LogP contribution >= 0.6 is 0 Å². The Morgan fingerprint density at radius 2 is 2.22 bits per heavy atom. The lowest BCUT2D eigenvalue weighted by atomic mass is 9.96. The fourth-order valence-corrected chi connectivity index (χ4v) is 2.75. The number of fused-ring (bicyclic) bond motifs is 2. The summed E-state index contributed by atoms with van der Waals surface area (Å²) < 4.78 is 10.7. The van der Waals surface area contributed by atoms with Crippen LogP contribution in [-0.4, -0.2) is 22.7 Å². The van der Waals surface area contributed by atoms with E-state index in [0.717, 1.165) is 22.4 Å². The molecule has 0 bridgehead atoms. The number of hydrogen-bond acceptors (Lipinski definition) is 5. The molecule has 1 N–H and O–H groups in total. The first-order valence-electron chi connectivity index (χ1n) is 7.44. The highest BCUT2D eigenvalue weighted by atomic mass is 16.5. The van der Waals surface area contributed by atoms with Gasteiger partial charge < -0.3 is 14.6 Å². The molecule has 3 aromatic rings. The molecule has 0 fully saturated rings. The molecular formula is C17H15N3O3. The molecule has 0 aliphatic carbocycles. The van der Waals surface area contributed by atoms with Gasteiger partial charge in [0.05, 0.1) is 28.9 Å². The SMILES string of the molecule is Cc1noc2ncc(NC(=O)C3COc4ccccc4C3)cc12. The van der Waals surface area contributed by atoms with Crippen molar-refractivity contribution < 1.29 is 14.1 Å². The zero-order valence-electron chi connectivity index (χ0n) is 12.6. The molecule has 4 rings (SSSR count). The van der Waals surface area contributed by atoms with Crippen LogP contribution in [0.15, 0.2) is 41.1 Å². The van der Waals surface area contributed by atoms with E-state index in [1.54, 1.807) is 6.20 Å². The monoisotopic (exact) mass is 309 g/mol. The fourth-order valence-electron chi connectivity index (χ4n) is 2.75. The van der Waals surface area contributed by atoms with Crippen LogP contribution in [-0.2, 0) is 11.2 Å². The maximum Gasteiger partial charge on any atom is 0.258 e. The fraction of sp³-hybridized carbons (Fsp3) is 0.235. The maximum atomic E-state index is 12.5. The van der Waals surface area contributed by atoms with Crippen LogP contribution < -0.4 is 10.1 Å². The first kappa shape index (κ1) is 13.8. The van der Waals surface area contributed by atoms with E-state index in [4.69, 9.17) is 9.26 Å². The summed E-state index contributed by atoms with van der Waals surface area (Å²) in [6.07, 6.45) is 2.24. The minimum atomic E-state index is -0.218. The van der Waals surface area contributed by atoms with Gasteiger partial charge in [0.2, 0.25) is 5.91 Å². The van der Waals surface area contributed by atoms with Crippen molar-refractivity contribution in [3.8, 4) is 5.75 Å². The van der Waals surface area contributed by atoms with Crippen molar-refractivity contribution in [3.05, 3.63) is 47.8 Å². The normalized spacial score (nSPS) is 16.7. The van der Waals surface area contributed by atoms with Crippen molar-refractivity contribution in [2.24, 2.45) is 5.92 Å². The van der Waals surface area contributed by atoms with E-state index in [1.165, 1.54) is 0 Å². The van der Waals surface area contributed by atoms with Gasteiger partial charge in [-0.25, -0.2) is 4.98 Å². The number of benzene rings is 1. The molecule has 1 aliphatic heterocycles. The van der Waals surface area contributed by atoms with Gasteiger partial charge in [-0.1, -0.05) is 23.4 Å². The third-order valence-corrected chi connectivity index (χ3v) is 4.03. The molecule has 1 atom stereocenters. The molecule has 116 valence electrons. The van der Waals surface area contributed by atoms with E-state index in [9.17, 15) is 4.79 Å². The number of amides is 1. The molecule has 23 heavy (non-hydrogen) atoms. The zero-order valence-corrected chi connectivity index (χ0v) is 12.6. The molecule has 6 nitrogen and oxygen atoms in total. The largest absolute Gasteiger partial charge is 0.492 e. The number of hydrogen-bond donors (Lipinski definition) is 1. The molecule has 0 saturated heterocycles. The van der Waals surface area contributed by atoms with Crippen LogP contribution in [0.25, 0.3) is 11.1 Å². The topological polar surface area (TPSA) is 77.3 Å². The lowest BCUT2D eigenvalue weighted by Gasteiger charge is -2.24.